The van der Waals surface area contributed by atoms with Gasteiger partial charge in [0.25, 0.3) is 0 Å². The van der Waals surface area contributed by atoms with Crippen LogP contribution in [-0.2, 0) is 11.0 Å². The Morgan fingerprint density at radius 1 is 0.979 bits per heavy atom. The van der Waals surface area contributed by atoms with E-state index >= 15 is 0 Å². The summed E-state index contributed by atoms with van der Waals surface area (Å²) in [6.07, 6.45) is 6.07. The van der Waals surface area contributed by atoms with Gasteiger partial charge in [0.15, 0.2) is 0 Å². The van der Waals surface area contributed by atoms with Crippen molar-refractivity contribution in [1.82, 2.24) is 24.8 Å². The minimum absolute atomic E-state index is 0.396. The lowest BCUT2D eigenvalue weighted by molar-refractivity contribution is 0.174. The normalized spacial score (nSPS) is 17.1. The smallest absolute Gasteiger partial charge is 0.239 e. The summed E-state index contributed by atoms with van der Waals surface area (Å²) in [6, 6.07) is 14.8. The number of aryl methyl sites for hydroxylation is 1. The second-order valence-corrected chi connectivity index (χ2v) is 17.0. The fourth-order valence-corrected chi connectivity index (χ4v) is 8.67. The first-order valence-corrected chi connectivity index (χ1v) is 19.9. The Hall–Kier alpha value is -3.24. The van der Waals surface area contributed by atoms with E-state index in [-0.39, 0.29) is 0 Å². The molecule has 2 aromatic heterocycles. The third-order valence-corrected chi connectivity index (χ3v) is 11.5. The number of nitrogens with one attached hydrogen (secondary N) is 2. The van der Waals surface area contributed by atoms with Gasteiger partial charge in [-0.3, -0.25) is 4.90 Å². The predicted octanol–water partition coefficient (Wildman–Crippen LogP) is 6.70. The molecule has 47 heavy (non-hydrogen) atoms. The van der Waals surface area contributed by atoms with Crippen molar-refractivity contribution in [2.75, 3.05) is 82.3 Å². The van der Waals surface area contributed by atoms with Crippen LogP contribution in [0.25, 0.3) is 10.8 Å². The molecule has 2 aromatic carbocycles. The molecule has 0 unspecified atom stereocenters. The minimum atomic E-state index is -2.64. The van der Waals surface area contributed by atoms with Crippen LogP contribution in [0.4, 0.5) is 29.0 Å². The number of halogens is 1. The van der Waals surface area contributed by atoms with Crippen molar-refractivity contribution in [2.45, 2.75) is 38.6 Å². The number of hydrogen-bond acceptors (Lipinski definition) is 10. The number of nitrogens with zero attached hydrogens (tertiary/aromatic N) is 6. The van der Waals surface area contributed by atoms with Gasteiger partial charge in [-0.15, -0.1) is 0 Å². The molecule has 250 valence electrons. The van der Waals surface area contributed by atoms with Crippen LogP contribution in [0.2, 0.25) is 0 Å². The highest BCUT2D eigenvalue weighted by molar-refractivity contribution is 9.10. The number of likely N-dealkylation sites (N-methyl/N-ethyl adjacent to an activating group) is 1. The number of piperidine rings is 1. The number of aromatic nitrogens is 3. The molecule has 0 atom stereocenters. The summed E-state index contributed by atoms with van der Waals surface area (Å²) in [7, 11) is 1.24. The van der Waals surface area contributed by atoms with Gasteiger partial charge in [-0.25, -0.2) is 4.98 Å². The van der Waals surface area contributed by atoms with Crippen molar-refractivity contribution in [3.05, 3.63) is 58.7 Å². The minimum Gasteiger partial charge on any atom is -0.479 e. The standard InChI is InChI=1S/C35H46BrN8O2P/c1-6-24-22-30(34(46-3)41-33(24)44-18-14-26(15-19-44)43-17-9-16-42(2)20-21-43)39-35-37-23-28(36)32(40-35)38-29-13-12-25-10-7-8-11-27(25)31(29)47(4,5)45/h7-8,10-13,22-23,26H,6,9,14-21H2,1-5H3,(H2,37,38,39,40). The van der Waals surface area contributed by atoms with Gasteiger partial charge in [0, 0.05) is 43.7 Å². The van der Waals surface area contributed by atoms with Crippen LogP contribution < -0.4 is 25.6 Å². The van der Waals surface area contributed by atoms with Gasteiger partial charge in [0.2, 0.25) is 11.8 Å². The SMILES string of the molecule is CCc1cc(Nc2ncc(Br)c(Nc3ccc4ccccc4c3P(C)(C)=O)n2)c(OC)nc1N1CCC(N2CCCN(C)CC2)CC1. The van der Waals surface area contributed by atoms with Crippen LogP contribution >= 0.6 is 23.1 Å². The maximum Gasteiger partial charge on any atom is 0.239 e. The maximum absolute atomic E-state index is 13.5. The fraction of sp³-hybridized carbons (Fsp3) is 0.457. The molecule has 4 heterocycles. The third-order valence-electron chi connectivity index (χ3n) is 9.34. The van der Waals surface area contributed by atoms with E-state index in [1.165, 1.54) is 19.5 Å². The van der Waals surface area contributed by atoms with Crippen LogP contribution in [0, 0.1) is 0 Å². The quantitative estimate of drug-likeness (QED) is 0.182. The highest BCUT2D eigenvalue weighted by atomic mass is 79.9. The Morgan fingerprint density at radius 3 is 2.51 bits per heavy atom. The van der Waals surface area contributed by atoms with Gasteiger partial charge in [0.05, 0.1) is 17.3 Å². The van der Waals surface area contributed by atoms with Crippen LogP contribution in [0.3, 0.4) is 0 Å². The first kappa shape index (κ1) is 33.7. The van der Waals surface area contributed by atoms with Gasteiger partial charge < -0.3 is 29.7 Å². The Morgan fingerprint density at radius 2 is 1.77 bits per heavy atom. The zero-order chi connectivity index (χ0) is 33.1. The molecule has 0 amide bonds. The molecule has 6 rings (SSSR count). The van der Waals surface area contributed by atoms with E-state index in [0.717, 1.165) is 78.6 Å². The van der Waals surface area contributed by atoms with Gasteiger partial charge in [0.1, 0.15) is 24.5 Å². The van der Waals surface area contributed by atoms with Crippen molar-refractivity contribution in [2.24, 2.45) is 0 Å². The van der Waals surface area contributed by atoms with Crippen molar-refractivity contribution >= 4 is 68.1 Å². The molecule has 2 aliphatic heterocycles. The molecule has 2 aliphatic rings. The molecular weight excluding hydrogens is 675 g/mol. The highest BCUT2D eigenvalue weighted by Gasteiger charge is 2.28. The second-order valence-electron chi connectivity index (χ2n) is 13.0. The van der Waals surface area contributed by atoms with Gasteiger partial charge in [-0.05, 0) is 104 Å². The van der Waals surface area contributed by atoms with E-state index in [4.69, 9.17) is 14.7 Å². The number of benzene rings is 2. The molecule has 0 aliphatic carbocycles. The lowest BCUT2D eigenvalue weighted by Gasteiger charge is -2.39. The van der Waals surface area contributed by atoms with Crippen molar-refractivity contribution in [1.29, 1.82) is 0 Å². The van der Waals surface area contributed by atoms with E-state index in [2.05, 4.69) is 66.3 Å². The average molecular weight is 722 g/mol. The van der Waals surface area contributed by atoms with Crippen molar-refractivity contribution < 1.29 is 9.30 Å². The molecule has 2 fully saturated rings. The molecule has 0 radical (unpaired) electrons. The van der Waals surface area contributed by atoms with E-state index in [1.807, 2.05) is 36.4 Å². The van der Waals surface area contributed by atoms with Crippen LogP contribution in [0.5, 0.6) is 5.88 Å². The highest BCUT2D eigenvalue weighted by Crippen LogP contribution is 2.42. The molecule has 12 heteroatoms. The lowest BCUT2D eigenvalue weighted by atomic mass is 10.0. The van der Waals surface area contributed by atoms with E-state index < -0.39 is 7.14 Å². The summed E-state index contributed by atoms with van der Waals surface area (Å²) in [4.78, 5) is 21.9. The summed E-state index contributed by atoms with van der Waals surface area (Å²) in [5, 5.41) is 9.61. The fourth-order valence-electron chi connectivity index (χ4n) is 6.88. The lowest BCUT2D eigenvalue weighted by Crippen LogP contribution is -2.46. The summed E-state index contributed by atoms with van der Waals surface area (Å²) >= 11 is 3.61. The Balaban J connectivity index is 1.22. The zero-order valence-corrected chi connectivity index (χ0v) is 30.6. The van der Waals surface area contributed by atoms with E-state index in [0.29, 0.717) is 33.8 Å². The molecular formula is C35H46BrN8O2P. The van der Waals surface area contributed by atoms with E-state index in [1.54, 1.807) is 26.6 Å². The number of pyridine rings is 1. The number of rotatable bonds is 9. The molecule has 0 saturated carbocycles. The number of hydrogen-bond donors (Lipinski definition) is 2. The molecule has 4 aromatic rings. The first-order valence-electron chi connectivity index (χ1n) is 16.5. The average Bonchev–Trinajstić information content (AvgIpc) is 3.29. The van der Waals surface area contributed by atoms with Crippen molar-refractivity contribution in [3.8, 4) is 5.88 Å². The topological polar surface area (TPSA) is 98.7 Å². The van der Waals surface area contributed by atoms with Crippen LogP contribution in [0.15, 0.2) is 53.1 Å². The Bertz CT molecular complexity index is 1770. The van der Waals surface area contributed by atoms with Gasteiger partial charge in [-0.1, -0.05) is 37.3 Å². The Kier molecular flexibility index (Phi) is 10.4. The second kappa shape index (κ2) is 14.5. The Labute approximate surface area is 286 Å². The number of methoxy groups -OCH3 is 1. The maximum atomic E-state index is 13.5. The zero-order valence-electron chi connectivity index (χ0n) is 28.1. The number of anilines is 5. The summed E-state index contributed by atoms with van der Waals surface area (Å²) in [5.74, 6) is 2.46. The largest absolute Gasteiger partial charge is 0.479 e. The van der Waals surface area contributed by atoms with Crippen LogP contribution in [-0.4, -0.2) is 97.5 Å². The summed E-state index contributed by atoms with van der Waals surface area (Å²) in [5.41, 5.74) is 2.62. The first-order chi connectivity index (χ1) is 22.6. The predicted molar refractivity (Wildman–Crippen MR) is 198 cm³/mol. The summed E-state index contributed by atoms with van der Waals surface area (Å²) in [6.45, 7) is 12.4. The number of fused-ring (bicyclic) bond motifs is 1. The molecule has 0 spiro atoms. The van der Waals surface area contributed by atoms with E-state index in [9.17, 15) is 4.57 Å². The monoisotopic (exact) mass is 720 g/mol. The molecule has 2 saturated heterocycles. The van der Waals surface area contributed by atoms with Crippen LogP contribution in [0.1, 0.15) is 31.7 Å². The van der Waals surface area contributed by atoms with Gasteiger partial charge >= 0.3 is 0 Å². The molecule has 2 N–H and O–H groups in total. The summed E-state index contributed by atoms with van der Waals surface area (Å²) < 4.78 is 20.0. The molecule has 10 nitrogen and oxygen atoms in total. The van der Waals surface area contributed by atoms with Crippen molar-refractivity contribution in [3.63, 3.8) is 0 Å². The third kappa shape index (κ3) is 7.59. The molecule has 0 bridgehead atoms. The van der Waals surface area contributed by atoms with Gasteiger partial charge in [-0.2, -0.15) is 9.97 Å². The number of ether oxygens (including phenoxy) is 1.